The van der Waals surface area contributed by atoms with Crippen molar-refractivity contribution in [1.29, 1.82) is 0 Å². The summed E-state index contributed by atoms with van der Waals surface area (Å²) in [7, 11) is -4.45. The van der Waals surface area contributed by atoms with Crippen LogP contribution < -0.4 is 0 Å². The summed E-state index contributed by atoms with van der Waals surface area (Å²) in [5, 5.41) is 0. The second-order valence-electron chi connectivity index (χ2n) is 2.67. The molecule has 0 N–H and O–H groups in total. The highest BCUT2D eigenvalue weighted by atomic mass is 32.2. The van der Waals surface area contributed by atoms with Crippen molar-refractivity contribution in [3.05, 3.63) is 0 Å². The molecule has 0 spiro atoms. The number of hydrogen-bond acceptors (Lipinski definition) is 2. The molecule has 1 aliphatic rings. The Labute approximate surface area is 66.5 Å². The summed E-state index contributed by atoms with van der Waals surface area (Å²) >= 11 is 0. The molecular weight excluding hydrogens is 200 g/mol. The molecular formula is C5H6F4O2S. The van der Waals surface area contributed by atoms with Gasteiger partial charge in [-0.1, -0.05) is 0 Å². The average Bonchev–Trinajstić information content (AvgIpc) is 2.11. The highest BCUT2D eigenvalue weighted by Gasteiger charge is 2.61. The van der Waals surface area contributed by atoms with E-state index >= 15 is 0 Å². The normalized spacial score (nSPS) is 38.3. The Hall–Kier alpha value is -0.330. The van der Waals surface area contributed by atoms with Crippen molar-refractivity contribution >= 4 is 9.84 Å². The van der Waals surface area contributed by atoms with E-state index in [9.17, 15) is 26.0 Å². The summed E-state index contributed by atoms with van der Waals surface area (Å²) in [6.45, 7) is -1.52. The van der Waals surface area contributed by atoms with Gasteiger partial charge in [0.25, 0.3) is 11.4 Å². The molecule has 72 valence electrons. The largest absolute Gasteiger partial charge is 0.299 e. The summed E-state index contributed by atoms with van der Waals surface area (Å²) in [6.07, 6.45) is 0. The third kappa shape index (κ3) is 1.19. The minimum absolute atomic E-state index is 1.11. The van der Waals surface area contributed by atoms with Crippen molar-refractivity contribution in [2.75, 3.05) is 12.4 Å². The van der Waals surface area contributed by atoms with E-state index in [0.717, 1.165) is 0 Å². The Bertz CT molecular complexity index is 273. The Morgan fingerprint density at radius 3 is 2.08 bits per heavy atom. The highest BCUT2D eigenvalue weighted by molar-refractivity contribution is 7.92. The molecule has 0 bridgehead atoms. The van der Waals surface area contributed by atoms with E-state index in [1.54, 1.807) is 0 Å². The Balaban J connectivity index is 3.04. The van der Waals surface area contributed by atoms with Crippen LogP contribution in [0.1, 0.15) is 0 Å². The van der Waals surface area contributed by atoms with E-state index in [4.69, 9.17) is 0 Å². The van der Waals surface area contributed by atoms with Gasteiger partial charge in [-0.2, -0.15) is 0 Å². The van der Waals surface area contributed by atoms with Crippen LogP contribution in [0.25, 0.3) is 0 Å². The monoisotopic (exact) mass is 206 g/mol. The van der Waals surface area contributed by atoms with Crippen LogP contribution in [0.2, 0.25) is 0 Å². The van der Waals surface area contributed by atoms with Gasteiger partial charge in [-0.25, -0.2) is 21.6 Å². The summed E-state index contributed by atoms with van der Waals surface area (Å²) in [5.74, 6) is -7.22. The second-order valence-corrected chi connectivity index (χ2v) is 4.74. The van der Waals surface area contributed by atoms with E-state index in [-0.39, 0.29) is 0 Å². The summed E-state index contributed by atoms with van der Waals surface area (Å²) in [4.78, 5) is 0. The van der Waals surface area contributed by atoms with Gasteiger partial charge in [0, 0.05) is 0 Å². The van der Waals surface area contributed by atoms with Gasteiger partial charge in [0.2, 0.25) is 0 Å². The Morgan fingerprint density at radius 1 is 1.42 bits per heavy atom. The zero-order valence-electron chi connectivity index (χ0n) is 5.81. The van der Waals surface area contributed by atoms with E-state index in [2.05, 4.69) is 0 Å². The molecule has 0 aromatic carbocycles. The van der Waals surface area contributed by atoms with Crippen LogP contribution in [0.15, 0.2) is 0 Å². The molecule has 0 saturated carbocycles. The number of sulfone groups is 1. The lowest BCUT2D eigenvalue weighted by atomic mass is 10.1. The standard InChI is InChI=1S/C5H6F4O2S/c6-1-3-2-12(10,11)4(7)5(3,8)9/h3-4H,1-2H2. The van der Waals surface area contributed by atoms with E-state index in [1.807, 2.05) is 0 Å². The molecule has 1 rings (SSSR count). The average molecular weight is 206 g/mol. The van der Waals surface area contributed by atoms with Gasteiger partial charge in [-0.15, -0.1) is 0 Å². The number of halogens is 4. The first-order valence-corrected chi connectivity index (χ1v) is 4.83. The van der Waals surface area contributed by atoms with Gasteiger partial charge in [0.1, 0.15) is 0 Å². The van der Waals surface area contributed by atoms with Gasteiger partial charge >= 0.3 is 0 Å². The van der Waals surface area contributed by atoms with Crippen LogP contribution in [0.5, 0.6) is 0 Å². The van der Waals surface area contributed by atoms with E-state index < -0.39 is 39.6 Å². The van der Waals surface area contributed by atoms with Crippen LogP contribution in [0.4, 0.5) is 17.6 Å². The van der Waals surface area contributed by atoms with Gasteiger partial charge in [0.15, 0.2) is 9.84 Å². The second kappa shape index (κ2) is 2.58. The zero-order chi connectivity index (χ0) is 9.57. The third-order valence-electron chi connectivity index (χ3n) is 1.78. The molecule has 1 fully saturated rings. The minimum atomic E-state index is -4.45. The molecule has 0 amide bonds. The molecule has 2 unspecified atom stereocenters. The van der Waals surface area contributed by atoms with Crippen LogP contribution in [-0.4, -0.2) is 32.3 Å². The van der Waals surface area contributed by atoms with Gasteiger partial charge in [0.05, 0.1) is 18.3 Å². The third-order valence-corrected chi connectivity index (χ3v) is 3.59. The maximum Gasteiger partial charge on any atom is 0.299 e. The lowest BCUT2D eigenvalue weighted by Gasteiger charge is -2.14. The van der Waals surface area contributed by atoms with E-state index in [0.29, 0.717) is 0 Å². The summed E-state index contributed by atoms with van der Waals surface area (Å²) < 4.78 is 70.3. The maximum absolute atomic E-state index is 12.5. The van der Waals surface area contributed by atoms with Crippen molar-refractivity contribution in [2.24, 2.45) is 5.92 Å². The molecule has 1 heterocycles. The molecule has 0 aliphatic carbocycles. The van der Waals surface area contributed by atoms with Crippen molar-refractivity contribution in [3.63, 3.8) is 0 Å². The fourth-order valence-electron chi connectivity index (χ4n) is 1.05. The van der Waals surface area contributed by atoms with E-state index in [1.165, 1.54) is 0 Å². The number of rotatable bonds is 1. The minimum Gasteiger partial charge on any atom is -0.251 e. The summed E-state index contributed by atoms with van der Waals surface area (Å²) in [5.41, 5.74) is -3.24. The first-order valence-electron chi connectivity index (χ1n) is 3.12. The first kappa shape index (κ1) is 9.76. The topological polar surface area (TPSA) is 34.1 Å². The highest BCUT2D eigenvalue weighted by Crippen LogP contribution is 2.41. The number of alkyl halides is 4. The number of hydrogen-bond donors (Lipinski definition) is 0. The predicted octanol–water partition coefficient (Wildman–Crippen LogP) is 0.931. The molecule has 1 saturated heterocycles. The first-order chi connectivity index (χ1) is 5.32. The van der Waals surface area contributed by atoms with Crippen LogP contribution in [0.3, 0.4) is 0 Å². The Kier molecular flexibility index (Phi) is 2.10. The zero-order valence-corrected chi connectivity index (χ0v) is 6.62. The Morgan fingerprint density at radius 2 is 1.92 bits per heavy atom. The van der Waals surface area contributed by atoms with Crippen LogP contribution in [0, 0.1) is 5.92 Å². The molecule has 0 aromatic heterocycles. The smallest absolute Gasteiger partial charge is 0.251 e. The molecule has 7 heteroatoms. The lowest BCUT2D eigenvalue weighted by Crippen LogP contribution is -2.33. The quantitative estimate of drug-likeness (QED) is 0.598. The lowest BCUT2D eigenvalue weighted by molar-refractivity contribution is -0.0786. The maximum atomic E-state index is 12.5. The van der Waals surface area contributed by atoms with Gasteiger partial charge < -0.3 is 0 Å². The molecule has 2 nitrogen and oxygen atoms in total. The fraction of sp³-hybridized carbons (Fsp3) is 1.00. The van der Waals surface area contributed by atoms with Crippen molar-refractivity contribution in [2.45, 2.75) is 11.4 Å². The van der Waals surface area contributed by atoms with Crippen LogP contribution in [-0.2, 0) is 9.84 Å². The van der Waals surface area contributed by atoms with Gasteiger partial charge in [-0.3, -0.25) is 4.39 Å². The van der Waals surface area contributed by atoms with Crippen molar-refractivity contribution in [3.8, 4) is 0 Å². The predicted molar refractivity (Wildman–Crippen MR) is 33.1 cm³/mol. The SMILES string of the molecule is O=S1(=O)CC(CF)C(F)(F)C1F. The molecule has 12 heavy (non-hydrogen) atoms. The molecule has 2 atom stereocenters. The molecule has 0 aromatic rings. The fourth-order valence-corrected chi connectivity index (χ4v) is 2.76. The van der Waals surface area contributed by atoms with Gasteiger partial charge in [-0.05, 0) is 0 Å². The van der Waals surface area contributed by atoms with Crippen molar-refractivity contribution in [1.82, 2.24) is 0 Å². The van der Waals surface area contributed by atoms with Crippen molar-refractivity contribution < 1.29 is 26.0 Å². The molecule has 0 radical (unpaired) electrons. The molecule has 1 aliphatic heterocycles. The summed E-state index contributed by atoms with van der Waals surface area (Å²) in [6, 6.07) is 0. The van der Waals surface area contributed by atoms with Crippen LogP contribution >= 0.6 is 0 Å².